The Morgan fingerprint density at radius 2 is 1.91 bits per heavy atom. The summed E-state index contributed by atoms with van der Waals surface area (Å²) in [5.74, 6) is -0.122. The molecule has 6 heteroatoms. The van der Waals surface area contributed by atoms with Crippen molar-refractivity contribution < 1.29 is 17.6 Å². The van der Waals surface area contributed by atoms with E-state index in [1.807, 2.05) is 13.8 Å². The minimum absolute atomic E-state index is 0.0888. The lowest BCUT2D eigenvalue weighted by Gasteiger charge is -2.36. The third kappa shape index (κ3) is 2.72. The minimum Gasteiger partial charge on any atom is -0.299 e. The number of halogens is 1. The number of hydrogen-bond acceptors (Lipinski definition) is 3. The van der Waals surface area contributed by atoms with Crippen LogP contribution in [0.3, 0.4) is 0 Å². The van der Waals surface area contributed by atoms with Gasteiger partial charge in [-0.1, -0.05) is 26.0 Å². The van der Waals surface area contributed by atoms with Crippen LogP contribution in [0.2, 0.25) is 0 Å². The molecule has 2 fully saturated rings. The van der Waals surface area contributed by atoms with Crippen molar-refractivity contribution >= 4 is 15.8 Å². The van der Waals surface area contributed by atoms with E-state index in [9.17, 15) is 17.6 Å². The fourth-order valence-electron chi connectivity index (χ4n) is 4.28. The zero-order valence-electron chi connectivity index (χ0n) is 13.4. The molecular weight excluding hydrogens is 317 g/mol. The molecule has 0 heterocycles. The van der Waals surface area contributed by atoms with Crippen LogP contribution in [0.1, 0.15) is 38.7 Å². The number of nitrogens with one attached hydrogen (secondary N) is 1. The van der Waals surface area contributed by atoms with E-state index < -0.39 is 15.4 Å². The molecule has 1 N–H and O–H groups in total. The molecule has 0 radical (unpaired) electrons. The second-order valence-electron chi connectivity index (χ2n) is 7.37. The smallest absolute Gasteiger partial charge is 0.212 e. The van der Waals surface area contributed by atoms with Crippen molar-refractivity contribution in [1.29, 1.82) is 0 Å². The molecule has 3 rings (SSSR count). The molecule has 0 aromatic heterocycles. The Morgan fingerprint density at radius 3 is 2.43 bits per heavy atom. The van der Waals surface area contributed by atoms with Crippen molar-refractivity contribution in [2.75, 3.05) is 5.75 Å². The maximum Gasteiger partial charge on any atom is 0.212 e. The van der Waals surface area contributed by atoms with Gasteiger partial charge in [0, 0.05) is 18.4 Å². The highest BCUT2D eigenvalue weighted by molar-refractivity contribution is 7.89. The summed E-state index contributed by atoms with van der Waals surface area (Å²) in [6, 6.07) is 5.69. The molecule has 0 aliphatic heterocycles. The Kier molecular flexibility index (Phi) is 3.88. The fraction of sp³-hybridized carbons (Fsp3) is 0.588. The number of benzene rings is 1. The SMILES string of the molecule is CC1(C)C2CCC1(CS(=O)(=O)NCc1ccc(F)cc1)C(=O)C2. The molecule has 1 aromatic rings. The average molecular weight is 339 g/mol. The Bertz CT molecular complexity index is 727. The number of sulfonamides is 1. The van der Waals surface area contributed by atoms with Crippen LogP contribution < -0.4 is 4.72 Å². The summed E-state index contributed by atoms with van der Waals surface area (Å²) in [6.07, 6.45) is 2.08. The molecule has 1 aromatic carbocycles. The number of carbonyl (C=O) groups excluding carboxylic acids is 1. The van der Waals surface area contributed by atoms with Crippen LogP contribution in [0.15, 0.2) is 24.3 Å². The second-order valence-corrected chi connectivity index (χ2v) is 9.18. The van der Waals surface area contributed by atoms with Gasteiger partial charge in [-0.3, -0.25) is 4.79 Å². The Labute approximate surface area is 136 Å². The summed E-state index contributed by atoms with van der Waals surface area (Å²) in [5, 5.41) is 0. The largest absolute Gasteiger partial charge is 0.299 e. The summed E-state index contributed by atoms with van der Waals surface area (Å²) in [5.41, 5.74) is -0.338. The summed E-state index contributed by atoms with van der Waals surface area (Å²) >= 11 is 0. The lowest BCUT2D eigenvalue weighted by molar-refractivity contribution is -0.128. The van der Waals surface area contributed by atoms with E-state index in [0.717, 1.165) is 6.42 Å². The van der Waals surface area contributed by atoms with Gasteiger partial charge in [-0.25, -0.2) is 17.5 Å². The summed E-state index contributed by atoms with van der Waals surface area (Å²) < 4.78 is 40.5. The van der Waals surface area contributed by atoms with Crippen LogP contribution in [0, 0.1) is 22.6 Å². The standard InChI is InChI=1S/C17H22FNO3S/c1-16(2)13-7-8-17(16,15(20)9-13)11-23(21,22)19-10-12-3-5-14(18)6-4-12/h3-6,13,19H,7-11H2,1-2H3. The molecule has 23 heavy (non-hydrogen) atoms. The van der Waals surface area contributed by atoms with Crippen molar-refractivity contribution in [3.05, 3.63) is 35.6 Å². The third-order valence-corrected chi connectivity index (χ3v) is 7.44. The van der Waals surface area contributed by atoms with Gasteiger partial charge in [0.2, 0.25) is 10.0 Å². The molecule has 2 aliphatic carbocycles. The second kappa shape index (κ2) is 5.38. The van der Waals surface area contributed by atoms with Gasteiger partial charge >= 0.3 is 0 Å². The fourth-order valence-corrected chi connectivity index (χ4v) is 6.09. The highest BCUT2D eigenvalue weighted by Gasteiger charge is 2.65. The van der Waals surface area contributed by atoms with Gasteiger partial charge < -0.3 is 0 Å². The zero-order valence-corrected chi connectivity index (χ0v) is 14.2. The van der Waals surface area contributed by atoms with E-state index in [2.05, 4.69) is 4.72 Å². The van der Waals surface area contributed by atoms with Crippen molar-refractivity contribution in [3.63, 3.8) is 0 Å². The lowest BCUT2D eigenvalue weighted by Crippen LogP contribution is -2.45. The van der Waals surface area contributed by atoms with Gasteiger partial charge in [0.15, 0.2) is 0 Å². The Hall–Kier alpha value is -1.27. The van der Waals surface area contributed by atoms with Crippen LogP contribution in [0.4, 0.5) is 4.39 Å². The molecule has 2 bridgehead atoms. The number of rotatable bonds is 5. The van der Waals surface area contributed by atoms with Crippen LogP contribution >= 0.6 is 0 Å². The van der Waals surface area contributed by atoms with E-state index in [-0.39, 0.29) is 29.3 Å². The number of carbonyl (C=O) groups is 1. The van der Waals surface area contributed by atoms with Gasteiger partial charge in [0.05, 0.1) is 5.75 Å². The molecule has 4 nitrogen and oxygen atoms in total. The third-order valence-electron chi connectivity index (χ3n) is 5.99. The molecular formula is C17H22FNO3S. The number of fused-ring (bicyclic) bond motifs is 2. The zero-order chi connectivity index (χ0) is 16.9. The highest BCUT2D eigenvalue weighted by atomic mass is 32.2. The Balaban J connectivity index is 1.73. The monoisotopic (exact) mass is 339 g/mol. The topological polar surface area (TPSA) is 63.2 Å². The quantitative estimate of drug-likeness (QED) is 0.897. The molecule has 0 saturated heterocycles. The predicted molar refractivity (Wildman–Crippen MR) is 85.6 cm³/mol. The first-order valence-electron chi connectivity index (χ1n) is 7.91. The van der Waals surface area contributed by atoms with Crippen LogP contribution in [0.25, 0.3) is 0 Å². The lowest BCUT2D eigenvalue weighted by atomic mass is 9.70. The number of hydrogen-bond donors (Lipinski definition) is 1. The number of Topliss-reactive ketones (excluding diaryl/α,β-unsaturated/α-hetero) is 1. The molecule has 2 aliphatic rings. The van der Waals surface area contributed by atoms with E-state index >= 15 is 0 Å². The first-order valence-corrected chi connectivity index (χ1v) is 9.57. The molecule has 2 saturated carbocycles. The van der Waals surface area contributed by atoms with E-state index in [4.69, 9.17) is 0 Å². The molecule has 0 spiro atoms. The summed E-state index contributed by atoms with van der Waals surface area (Å²) in [7, 11) is -3.59. The van der Waals surface area contributed by atoms with E-state index in [1.54, 1.807) is 12.1 Å². The summed E-state index contributed by atoms with van der Waals surface area (Å²) in [6.45, 7) is 4.15. The van der Waals surface area contributed by atoms with Crippen LogP contribution in [0.5, 0.6) is 0 Å². The van der Waals surface area contributed by atoms with Gasteiger partial charge in [0.25, 0.3) is 0 Å². The molecule has 0 amide bonds. The first-order chi connectivity index (χ1) is 10.7. The normalized spacial score (nSPS) is 29.2. The van der Waals surface area contributed by atoms with Crippen molar-refractivity contribution in [1.82, 2.24) is 4.72 Å². The molecule has 2 atom stereocenters. The van der Waals surface area contributed by atoms with E-state index in [0.29, 0.717) is 24.3 Å². The highest BCUT2D eigenvalue weighted by Crippen LogP contribution is 2.64. The van der Waals surface area contributed by atoms with Gasteiger partial charge in [-0.2, -0.15) is 0 Å². The minimum atomic E-state index is -3.59. The van der Waals surface area contributed by atoms with E-state index in [1.165, 1.54) is 12.1 Å². The van der Waals surface area contributed by atoms with Crippen molar-refractivity contribution in [2.24, 2.45) is 16.7 Å². The maximum atomic E-state index is 12.9. The van der Waals surface area contributed by atoms with Gasteiger partial charge in [0.1, 0.15) is 11.6 Å². The van der Waals surface area contributed by atoms with Crippen LogP contribution in [-0.2, 0) is 21.4 Å². The van der Waals surface area contributed by atoms with Crippen molar-refractivity contribution in [3.8, 4) is 0 Å². The van der Waals surface area contributed by atoms with Gasteiger partial charge in [-0.15, -0.1) is 0 Å². The Morgan fingerprint density at radius 1 is 1.26 bits per heavy atom. The predicted octanol–water partition coefficient (Wildman–Crippen LogP) is 2.64. The summed E-state index contributed by atoms with van der Waals surface area (Å²) in [4.78, 5) is 12.4. The van der Waals surface area contributed by atoms with Crippen molar-refractivity contribution in [2.45, 2.75) is 39.7 Å². The number of ketones is 1. The first kappa shape index (κ1) is 16.6. The van der Waals surface area contributed by atoms with Crippen LogP contribution in [-0.4, -0.2) is 20.0 Å². The molecule has 126 valence electrons. The molecule has 2 unspecified atom stereocenters. The maximum absolute atomic E-state index is 12.9. The van der Waals surface area contributed by atoms with Gasteiger partial charge in [-0.05, 0) is 41.9 Å². The average Bonchev–Trinajstić information content (AvgIpc) is 2.80.